The molecule has 0 atom stereocenters. The van der Waals surface area contributed by atoms with E-state index in [1.165, 1.54) is 6.42 Å². The minimum atomic E-state index is -0.450. The number of amides is 1. The van der Waals surface area contributed by atoms with E-state index in [1.807, 2.05) is 0 Å². The average molecular weight is 303 g/mol. The van der Waals surface area contributed by atoms with Crippen molar-refractivity contribution in [1.29, 1.82) is 0 Å². The van der Waals surface area contributed by atoms with E-state index in [9.17, 15) is 14.9 Å². The highest BCUT2D eigenvalue weighted by Crippen LogP contribution is 2.37. The predicted octanol–water partition coefficient (Wildman–Crippen LogP) is 2.12. The maximum Gasteiger partial charge on any atom is 0.285 e. The number of nitrogens with zero attached hydrogens (tertiary/aromatic N) is 2. The van der Waals surface area contributed by atoms with Gasteiger partial charge in [0.2, 0.25) is 0 Å². The monoisotopic (exact) mass is 303 g/mol. The molecule has 2 fully saturated rings. The topological polar surface area (TPSA) is 75.5 Å². The number of aryl methyl sites for hydroxylation is 1. The summed E-state index contributed by atoms with van der Waals surface area (Å²) >= 11 is 0. The highest BCUT2D eigenvalue weighted by atomic mass is 16.6. The SMILES string of the molecule is Cc1cccc(C(=O)N2CCC3(CCNC3)CC2)c1[N+](=O)[O-]. The van der Waals surface area contributed by atoms with Crippen molar-refractivity contribution in [3.8, 4) is 0 Å². The Labute approximate surface area is 129 Å². The van der Waals surface area contributed by atoms with Gasteiger partial charge in [-0.15, -0.1) is 0 Å². The predicted molar refractivity (Wildman–Crippen MR) is 82.9 cm³/mol. The third-order valence-electron chi connectivity index (χ3n) is 5.09. The molecule has 6 heteroatoms. The van der Waals surface area contributed by atoms with Gasteiger partial charge >= 0.3 is 0 Å². The standard InChI is InChI=1S/C16H21N3O3/c1-12-3-2-4-13(14(12)19(21)22)15(20)18-9-6-16(7-10-18)5-8-17-11-16/h2-4,17H,5-11H2,1H3. The number of para-hydroxylation sites is 1. The molecule has 1 aromatic carbocycles. The third kappa shape index (κ3) is 2.59. The number of nitro groups is 1. The molecule has 0 unspecified atom stereocenters. The first-order valence-corrected chi connectivity index (χ1v) is 7.76. The summed E-state index contributed by atoms with van der Waals surface area (Å²) in [6, 6.07) is 4.95. The molecule has 1 amide bonds. The number of carbonyl (C=O) groups excluding carboxylic acids is 1. The molecule has 0 bridgehead atoms. The van der Waals surface area contributed by atoms with Crippen LogP contribution in [0.15, 0.2) is 18.2 Å². The minimum absolute atomic E-state index is 0.0599. The normalized spacial score (nSPS) is 20.3. The van der Waals surface area contributed by atoms with E-state index in [-0.39, 0.29) is 17.2 Å². The fraction of sp³-hybridized carbons (Fsp3) is 0.562. The van der Waals surface area contributed by atoms with Crippen LogP contribution in [0.3, 0.4) is 0 Å². The summed E-state index contributed by atoms with van der Waals surface area (Å²) in [5.41, 5.74) is 1.01. The number of carbonyl (C=O) groups is 1. The molecule has 2 aliphatic heterocycles. The van der Waals surface area contributed by atoms with Gasteiger partial charge in [-0.1, -0.05) is 12.1 Å². The largest absolute Gasteiger partial charge is 0.338 e. The molecule has 1 N–H and O–H groups in total. The van der Waals surface area contributed by atoms with E-state index in [4.69, 9.17) is 0 Å². The summed E-state index contributed by atoms with van der Waals surface area (Å²) in [5.74, 6) is -0.212. The lowest BCUT2D eigenvalue weighted by atomic mass is 9.77. The molecule has 118 valence electrons. The Balaban J connectivity index is 1.78. The Morgan fingerprint density at radius 2 is 2.05 bits per heavy atom. The van der Waals surface area contributed by atoms with Crippen LogP contribution in [0.2, 0.25) is 0 Å². The number of nitro benzene ring substituents is 1. The average Bonchev–Trinajstić information content (AvgIpc) is 2.95. The first-order chi connectivity index (χ1) is 10.5. The molecule has 0 aliphatic carbocycles. The van der Waals surface area contributed by atoms with Gasteiger partial charge in [0, 0.05) is 25.2 Å². The molecule has 2 saturated heterocycles. The van der Waals surface area contributed by atoms with Gasteiger partial charge in [-0.3, -0.25) is 14.9 Å². The summed E-state index contributed by atoms with van der Waals surface area (Å²) in [7, 11) is 0. The van der Waals surface area contributed by atoms with Crippen molar-refractivity contribution in [3.63, 3.8) is 0 Å². The van der Waals surface area contributed by atoms with Crippen LogP contribution < -0.4 is 5.32 Å². The van der Waals surface area contributed by atoms with Crippen molar-refractivity contribution in [2.24, 2.45) is 5.41 Å². The lowest BCUT2D eigenvalue weighted by Gasteiger charge is -2.38. The summed E-state index contributed by atoms with van der Waals surface area (Å²) in [6.45, 7) is 5.12. The maximum atomic E-state index is 12.7. The van der Waals surface area contributed by atoms with Gasteiger partial charge in [0.1, 0.15) is 5.56 Å². The summed E-state index contributed by atoms with van der Waals surface area (Å²) in [5, 5.41) is 14.7. The van der Waals surface area contributed by atoms with Crippen molar-refractivity contribution >= 4 is 11.6 Å². The van der Waals surface area contributed by atoms with Crippen molar-refractivity contribution in [1.82, 2.24) is 10.2 Å². The quantitative estimate of drug-likeness (QED) is 0.671. The van der Waals surface area contributed by atoms with E-state index < -0.39 is 4.92 Å². The number of likely N-dealkylation sites (tertiary alicyclic amines) is 1. The van der Waals surface area contributed by atoms with E-state index in [0.717, 1.165) is 25.9 Å². The van der Waals surface area contributed by atoms with Gasteiger partial charge in [0.05, 0.1) is 4.92 Å². The molecule has 3 rings (SSSR count). The maximum absolute atomic E-state index is 12.7. The molecule has 1 aromatic rings. The molecular weight excluding hydrogens is 282 g/mol. The van der Waals surface area contributed by atoms with Gasteiger partial charge in [-0.05, 0) is 44.2 Å². The van der Waals surface area contributed by atoms with Crippen LogP contribution in [0.25, 0.3) is 0 Å². The fourth-order valence-corrected chi connectivity index (χ4v) is 3.65. The van der Waals surface area contributed by atoms with Crippen molar-refractivity contribution < 1.29 is 9.72 Å². The second-order valence-corrected chi connectivity index (χ2v) is 6.45. The Bertz CT molecular complexity index is 599. The van der Waals surface area contributed by atoms with Crippen LogP contribution in [0, 0.1) is 22.5 Å². The second kappa shape index (κ2) is 5.68. The van der Waals surface area contributed by atoms with E-state index in [1.54, 1.807) is 30.0 Å². The van der Waals surface area contributed by atoms with Crippen LogP contribution in [0.1, 0.15) is 35.2 Å². The fourth-order valence-electron chi connectivity index (χ4n) is 3.65. The first kappa shape index (κ1) is 15.0. The zero-order valence-electron chi connectivity index (χ0n) is 12.8. The number of hydrogen-bond acceptors (Lipinski definition) is 4. The Kier molecular flexibility index (Phi) is 3.87. The summed E-state index contributed by atoms with van der Waals surface area (Å²) in [4.78, 5) is 25.3. The van der Waals surface area contributed by atoms with Crippen molar-refractivity contribution in [3.05, 3.63) is 39.4 Å². The van der Waals surface area contributed by atoms with Crippen LogP contribution in [-0.2, 0) is 0 Å². The molecular formula is C16H21N3O3. The van der Waals surface area contributed by atoms with Gasteiger partial charge in [0.15, 0.2) is 0 Å². The Morgan fingerprint density at radius 3 is 2.64 bits per heavy atom. The molecule has 2 heterocycles. The molecule has 0 aromatic heterocycles. The van der Waals surface area contributed by atoms with Crippen LogP contribution in [0.5, 0.6) is 0 Å². The number of piperidine rings is 1. The van der Waals surface area contributed by atoms with Gasteiger partial charge in [0.25, 0.3) is 11.6 Å². The smallest absolute Gasteiger partial charge is 0.285 e. The van der Waals surface area contributed by atoms with E-state index >= 15 is 0 Å². The Hall–Kier alpha value is -1.95. The van der Waals surface area contributed by atoms with Crippen LogP contribution in [-0.4, -0.2) is 41.9 Å². The molecule has 22 heavy (non-hydrogen) atoms. The zero-order valence-corrected chi connectivity index (χ0v) is 12.8. The number of benzene rings is 1. The lowest BCUT2D eigenvalue weighted by molar-refractivity contribution is -0.385. The highest BCUT2D eigenvalue weighted by molar-refractivity contribution is 5.98. The molecule has 0 saturated carbocycles. The number of hydrogen-bond donors (Lipinski definition) is 1. The van der Waals surface area contributed by atoms with Gasteiger partial charge in [-0.25, -0.2) is 0 Å². The third-order valence-corrected chi connectivity index (χ3v) is 5.09. The summed E-state index contributed by atoms with van der Waals surface area (Å²) < 4.78 is 0. The van der Waals surface area contributed by atoms with Gasteiger partial charge < -0.3 is 10.2 Å². The van der Waals surface area contributed by atoms with E-state index in [0.29, 0.717) is 24.1 Å². The van der Waals surface area contributed by atoms with E-state index in [2.05, 4.69) is 5.32 Å². The Morgan fingerprint density at radius 1 is 1.32 bits per heavy atom. The van der Waals surface area contributed by atoms with Crippen molar-refractivity contribution in [2.75, 3.05) is 26.2 Å². The molecule has 1 spiro atoms. The van der Waals surface area contributed by atoms with Crippen LogP contribution >= 0.6 is 0 Å². The highest BCUT2D eigenvalue weighted by Gasteiger charge is 2.39. The second-order valence-electron chi connectivity index (χ2n) is 6.45. The lowest BCUT2D eigenvalue weighted by Crippen LogP contribution is -2.44. The number of nitrogens with one attached hydrogen (secondary N) is 1. The van der Waals surface area contributed by atoms with Crippen molar-refractivity contribution in [2.45, 2.75) is 26.2 Å². The minimum Gasteiger partial charge on any atom is -0.338 e. The molecule has 0 radical (unpaired) electrons. The molecule has 2 aliphatic rings. The first-order valence-electron chi connectivity index (χ1n) is 7.76. The zero-order chi connectivity index (χ0) is 15.7. The number of rotatable bonds is 2. The summed E-state index contributed by atoms with van der Waals surface area (Å²) in [6.07, 6.45) is 3.12. The van der Waals surface area contributed by atoms with Crippen LogP contribution in [0.4, 0.5) is 5.69 Å². The molecule has 6 nitrogen and oxygen atoms in total. The van der Waals surface area contributed by atoms with Gasteiger partial charge in [-0.2, -0.15) is 0 Å².